The van der Waals surface area contributed by atoms with Gasteiger partial charge in [0.1, 0.15) is 0 Å². The summed E-state index contributed by atoms with van der Waals surface area (Å²) in [6, 6.07) is 5.65. The van der Waals surface area contributed by atoms with Crippen LogP contribution in [0, 0.1) is 5.92 Å². The summed E-state index contributed by atoms with van der Waals surface area (Å²) in [5.41, 5.74) is 0.156. The van der Waals surface area contributed by atoms with Gasteiger partial charge in [-0.2, -0.15) is 0 Å². The smallest absolute Gasteiger partial charge is 0.252 e. The van der Waals surface area contributed by atoms with Crippen LogP contribution in [-0.2, 0) is 10.0 Å². The predicted octanol–water partition coefficient (Wildman–Crippen LogP) is 3.46. The van der Waals surface area contributed by atoms with Gasteiger partial charge < -0.3 is 5.32 Å². The third-order valence-corrected chi connectivity index (χ3v) is 7.02. The molecule has 0 heterocycles. The third kappa shape index (κ3) is 5.04. The van der Waals surface area contributed by atoms with E-state index in [2.05, 4.69) is 10.0 Å². The lowest BCUT2D eigenvalue weighted by Gasteiger charge is -2.31. The van der Waals surface area contributed by atoms with E-state index >= 15 is 0 Å². The fraction of sp³-hybridized carbons (Fsp3) is 0.632. The van der Waals surface area contributed by atoms with Crippen molar-refractivity contribution in [3.63, 3.8) is 0 Å². The minimum atomic E-state index is -3.70. The molecule has 2 N–H and O–H groups in total. The summed E-state index contributed by atoms with van der Waals surface area (Å²) in [6.45, 7) is -0.108. The van der Waals surface area contributed by atoms with Crippen LogP contribution in [0.3, 0.4) is 0 Å². The van der Waals surface area contributed by atoms with Gasteiger partial charge in [-0.1, -0.05) is 25.3 Å². The van der Waals surface area contributed by atoms with E-state index in [1.54, 1.807) is 0 Å². The lowest BCUT2D eigenvalue weighted by Crippen LogP contribution is -2.40. The van der Waals surface area contributed by atoms with E-state index in [9.17, 15) is 22.0 Å². The highest BCUT2D eigenvalue weighted by Gasteiger charge is 2.41. The second-order valence-electron chi connectivity index (χ2n) is 7.54. The number of nitrogens with one attached hydrogen (secondary N) is 2. The quantitative estimate of drug-likeness (QED) is 0.768. The maximum absolute atomic E-state index is 13.9. The molecule has 1 amide bonds. The van der Waals surface area contributed by atoms with Crippen molar-refractivity contribution in [2.45, 2.75) is 68.2 Å². The highest BCUT2D eigenvalue weighted by atomic mass is 32.2. The first-order valence-electron chi connectivity index (χ1n) is 9.56. The van der Waals surface area contributed by atoms with Gasteiger partial charge >= 0.3 is 0 Å². The van der Waals surface area contributed by atoms with E-state index in [-0.39, 0.29) is 29.5 Å². The van der Waals surface area contributed by atoms with Crippen LogP contribution < -0.4 is 10.0 Å². The summed E-state index contributed by atoms with van der Waals surface area (Å²) in [7, 11) is -3.70. The molecule has 2 fully saturated rings. The lowest BCUT2D eigenvalue weighted by atomic mass is 9.85. The normalized spacial score (nSPS) is 23.3. The molecular formula is C19H26F2N2O3S. The molecule has 5 nitrogen and oxygen atoms in total. The van der Waals surface area contributed by atoms with E-state index in [1.807, 2.05) is 0 Å². The Hall–Kier alpha value is -1.54. The number of alkyl halides is 2. The molecule has 0 bridgehead atoms. The summed E-state index contributed by atoms with van der Waals surface area (Å²) in [5, 5.41) is 2.54. The average molecular weight is 400 g/mol. The molecule has 2 saturated carbocycles. The molecule has 2 aliphatic rings. The summed E-state index contributed by atoms with van der Waals surface area (Å²) in [5.74, 6) is -4.16. The van der Waals surface area contributed by atoms with Crippen LogP contribution in [0.15, 0.2) is 29.2 Å². The first-order chi connectivity index (χ1) is 12.8. The fourth-order valence-corrected chi connectivity index (χ4v) is 5.22. The first-order valence-corrected chi connectivity index (χ1v) is 11.0. The van der Waals surface area contributed by atoms with E-state index < -0.39 is 27.8 Å². The summed E-state index contributed by atoms with van der Waals surface area (Å²) in [6.07, 6.45) is 5.11. The van der Waals surface area contributed by atoms with Crippen LogP contribution in [0.4, 0.5) is 8.78 Å². The molecule has 0 aliphatic heterocycles. The molecule has 1 unspecified atom stereocenters. The molecule has 3 rings (SSSR count). The third-order valence-electron chi connectivity index (χ3n) is 5.50. The number of rotatable bonds is 6. The number of carbonyl (C=O) groups is 1. The topological polar surface area (TPSA) is 75.3 Å². The standard InChI is InChI=1S/C19H26F2N2O3S/c20-19(21)11-4-3-7-15(19)13-22-18(24)14-6-5-10-17(12-14)27(25,26)23-16-8-1-2-9-16/h5-6,10,12,15-16,23H,1-4,7-9,11,13H2,(H,22,24). The molecule has 1 aromatic rings. The van der Waals surface area contributed by atoms with Gasteiger partial charge in [0.2, 0.25) is 10.0 Å². The van der Waals surface area contributed by atoms with E-state index in [1.165, 1.54) is 24.3 Å². The van der Waals surface area contributed by atoms with Crippen molar-refractivity contribution in [3.05, 3.63) is 29.8 Å². The molecule has 150 valence electrons. The molecule has 1 aromatic carbocycles. The Morgan fingerprint density at radius 1 is 1.11 bits per heavy atom. The second kappa shape index (κ2) is 8.22. The number of benzene rings is 1. The Balaban J connectivity index is 1.64. The van der Waals surface area contributed by atoms with Crippen molar-refractivity contribution in [3.8, 4) is 0 Å². The van der Waals surface area contributed by atoms with Gasteiger partial charge in [0.05, 0.1) is 4.90 Å². The SMILES string of the molecule is O=C(NCC1CCCCC1(F)F)c1cccc(S(=O)(=O)NC2CCCC2)c1. The Morgan fingerprint density at radius 3 is 2.52 bits per heavy atom. The number of hydrogen-bond donors (Lipinski definition) is 2. The zero-order valence-corrected chi connectivity index (χ0v) is 16.0. The first kappa shape index (κ1) is 20.2. The highest BCUT2D eigenvalue weighted by molar-refractivity contribution is 7.89. The van der Waals surface area contributed by atoms with Crippen LogP contribution in [0.5, 0.6) is 0 Å². The number of sulfonamides is 1. The van der Waals surface area contributed by atoms with Crippen molar-refractivity contribution >= 4 is 15.9 Å². The van der Waals surface area contributed by atoms with Crippen molar-refractivity contribution in [2.24, 2.45) is 5.92 Å². The van der Waals surface area contributed by atoms with Gasteiger partial charge in [0.25, 0.3) is 11.8 Å². The van der Waals surface area contributed by atoms with Crippen molar-refractivity contribution in [2.75, 3.05) is 6.54 Å². The van der Waals surface area contributed by atoms with Gasteiger partial charge in [-0.05, 0) is 43.9 Å². The molecule has 1 atom stereocenters. The number of carbonyl (C=O) groups excluding carboxylic acids is 1. The van der Waals surface area contributed by atoms with E-state index in [4.69, 9.17) is 0 Å². The zero-order valence-electron chi connectivity index (χ0n) is 15.2. The molecule has 0 aromatic heterocycles. The van der Waals surface area contributed by atoms with Crippen LogP contribution in [0.25, 0.3) is 0 Å². The summed E-state index contributed by atoms with van der Waals surface area (Å²) >= 11 is 0. The molecule has 8 heteroatoms. The van der Waals surface area contributed by atoms with Crippen LogP contribution in [-0.4, -0.2) is 32.8 Å². The number of hydrogen-bond acceptors (Lipinski definition) is 3. The molecule has 27 heavy (non-hydrogen) atoms. The van der Waals surface area contributed by atoms with Gasteiger partial charge in [-0.3, -0.25) is 4.79 Å². The van der Waals surface area contributed by atoms with Crippen molar-refractivity contribution in [1.29, 1.82) is 0 Å². The van der Waals surface area contributed by atoms with Crippen LogP contribution in [0.2, 0.25) is 0 Å². The summed E-state index contributed by atoms with van der Waals surface area (Å²) in [4.78, 5) is 12.4. The van der Waals surface area contributed by atoms with Crippen LogP contribution in [0.1, 0.15) is 61.7 Å². The Kier molecular flexibility index (Phi) is 6.15. The zero-order chi connectivity index (χ0) is 19.5. The monoisotopic (exact) mass is 400 g/mol. The van der Waals surface area contributed by atoms with Crippen LogP contribution >= 0.6 is 0 Å². The Labute approximate surface area is 159 Å². The lowest BCUT2D eigenvalue weighted by molar-refractivity contribution is -0.0835. The van der Waals surface area contributed by atoms with Gasteiger partial charge in [-0.25, -0.2) is 21.9 Å². The van der Waals surface area contributed by atoms with Gasteiger partial charge in [0, 0.05) is 30.5 Å². The molecule has 0 saturated heterocycles. The van der Waals surface area contributed by atoms with E-state index in [0.29, 0.717) is 12.8 Å². The maximum atomic E-state index is 13.9. The van der Waals surface area contributed by atoms with Gasteiger partial charge in [0.15, 0.2) is 0 Å². The minimum absolute atomic E-state index is 0.0186. The van der Waals surface area contributed by atoms with Gasteiger partial charge in [-0.15, -0.1) is 0 Å². The molecule has 0 radical (unpaired) electrons. The number of amides is 1. The summed E-state index contributed by atoms with van der Waals surface area (Å²) < 4.78 is 55.5. The Morgan fingerprint density at radius 2 is 1.81 bits per heavy atom. The van der Waals surface area contributed by atoms with Crippen molar-refractivity contribution in [1.82, 2.24) is 10.0 Å². The Bertz CT molecular complexity index is 777. The predicted molar refractivity (Wildman–Crippen MR) is 98.3 cm³/mol. The minimum Gasteiger partial charge on any atom is -0.352 e. The average Bonchev–Trinajstić information content (AvgIpc) is 3.12. The largest absolute Gasteiger partial charge is 0.352 e. The van der Waals surface area contributed by atoms with E-state index in [0.717, 1.165) is 32.1 Å². The van der Waals surface area contributed by atoms with Crippen molar-refractivity contribution < 1.29 is 22.0 Å². The number of halogens is 2. The fourth-order valence-electron chi connectivity index (χ4n) is 3.87. The highest BCUT2D eigenvalue weighted by Crippen LogP contribution is 2.37. The second-order valence-corrected chi connectivity index (χ2v) is 9.26. The maximum Gasteiger partial charge on any atom is 0.252 e. The molecular weight excluding hydrogens is 374 g/mol. The molecule has 0 spiro atoms. The molecule has 2 aliphatic carbocycles.